The fourth-order valence-corrected chi connectivity index (χ4v) is 2.57. The second kappa shape index (κ2) is 6.65. The number of hydrogen-bond donors (Lipinski definition) is 2. The molecule has 5 nitrogen and oxygen atoms in total. The van der Waals surface area contributed by atoms with Gasteiger partial charge in [-0.05, 0) is 32.0 Å². The van der Waals surface area contributed by atoms with Crippen LogP contribution >= 0.6 is 12.2 Å². The zero-order chi connectivity index (χ0) is 13.7. The highest BCUT2D eigenvalue weighted by Crippen LogP contribution is 2.18. The molecule has 2 N–H and O–H groups in total. The van der Waals surface area contributed by atoms with Crippen molar-refractivity contribution >= 4 is 17.3 Å². The van der Waals surface area contributed by atoms with Gasteiger partial charge in [-0.3, -0.25) is 0 Å². The molecule has 2 heterocycles. The molecule has 0 saturated carbocycles. The summed E-state index contributed by atoms with van der Waals surface area (Å²) >= 11 is 5.22. The molecular formula is C13H21N5S. The molecule has 19 heavy (non-hydrogen) atoms. The van der Waals surface area contributed by atoms with Gasteiger partial charge in [0.15, 0.2) is 10.9 Å². The lowest BCUT2D eigenvalue weighted by atomic mass is 10.2. The Morgan fingerprint density at radius 2 is 2.32 bits per heavy atom. The number of hydrogen-bond acceptors (Lipinski definition) is 3. The third-order valence-electron chi connectivity index (χ3n) is 3.28. The summed E-state index contributed by atoms with van der Waals surface area (Å²) in [5.74, 6) is 2.07. The second-order valence-electron chi connectivity index (χ2n) is 4.80. The van der Waals surface area contributed by atoms with E-state index in [-0.39, 0.29) is 6.04 Å². The molecular weight excluding hydrogens is 258 g/mol. The van der Waals surface area contributed by atoms with Crippen molar-refractivity contribution in [2.75, 3.05) is 6.54 Å². The Labute approximate surface area is 119 Å². The van der Waals surface area contributed by atoms with Crippen molar-refractivity contribution < 1.29 is 0 Å². The fourth-order valence-electron chi connectivity index (χ4n) is 2.30. The quantitative estimate of drug-likeness (QED) is 0.649. The van der Waals surface area contributed by atoms with Gasteiger partial charge in [-0.1, -0.05) is 12.5 Å². The summed E-state index contributed by atoms with van der Waals surface area (Å²) in [4.78, 5) is 0. The lowest BCUT2D eigenvalue weighted by molar-refractivity contribution is 0.555. The first kappa shape index (κ1) is 14.0. The van der Waals surface area contributed by atoms with Gasteiger partial charge in [0.2, 0.25) is 0 Å². The summed E-state index contributed by atoms with van der Waals surface area (Å²) in [5.41, 5.74) is 0. The van der Waals surface area contributed by atoms with Crippen LogP contribution in [0.1, 0.15) is 43.9 Å². The number of aryl methyl sites for hydroxylation is 1. The molecule has 0 saturated heterocycles. The second-order valence-corrected chi connectivity index (χ2v) is 5.21. The van der Waals surface area contributed by atoms with E-state index in [0.29, 0.717) is 11.7 Å². The standard InChI is InChI=1S/C13H21N5S/c1-3-8-14-13(19)15-10(2)12-17-16-11-7-5-4-6-9-18(11)12/h3,10H,1,4-9H2,2H3,(H2,14,15,19)/t10-/m0/s1. The van der Waals surface area contributed by atoms with E-state index in [9.17, 15) is 0 Å². The van der Waals surface area contributed by atoms with Gasteiger partial charge in [0, 0.05) is 19.5 Å². The smallest absolute Gasteiger partial charge is 0.167 e. The van der Waals surface area contributed by atoms with Crippen LogP contribution in [0, 0.1) is 0 Å². The molecule has 0 amide bonds. The SMILES string of the molecule is C=CCNC(=S)N[C@@H](C)c1nnc2n1CCCCC2. The summed E-state index contributed by atoms with van der Waals surface area (Å²) in [6.45, 7) is 7.39. The molecule has 0 spiro atoms. The zero-order valence-electron chi connectivity index (χ0n) is 11.4. The Kier molecular flexibility index (Phi) is 4.90. The molecule has 0 unspecified atom stereocenters. The lowest BCUT2D eigenvalue weighted by Crippen LogP contribution is -2.37. The van der Waals surface area contributed by atoms with E-state index < -0.39 is 0 Å². The lowest BCUT2D eigenvalue weighted by Gasteiger charge is -2.17. The van der Waals surface area contributed by atoms with Crippen LogP contribution in [0.25, 0.3) is 0 Å². The first-order chi connectivity index (χ1) is 9.22. The molecule has 1 aliphatic rings. The van der Waals surface area contributed by atoms with Gasteiger partial charge in [-0.15, -0.1) is 16.8 Å². The average molecular weight is 279 g/mol. The topological polar surface area (TPSA) is 54.8 Å². The molecule has 1 aromatic heterocycles. The van der Waals surface area contributed by atoms with Crippen LogP contribution in [0.5, 0.6) is 0 Å². The minimum Gasteiger partial charge on any atom is -0.359 e. The summed E-state index contributed by atoms with van der Waals surface area (Å²) in [6.07, 6.45) is 6.48. The Balaban J connectivity index is 2.03. The summed E-state index contributed by atoms with van der Waals surface area (Å²) in [6, 6.07) is 0.0594. The maximum Gasteiger partial charge on any atom is 0.167 e. The molecule has 0 aliphatic carbocycles. The minimum absolute atomic E-state index is 0.0594. The number of nitrogens with zero attached hydrogens (tertiary/aromatic N) is 3. The van der Waals surface area contributed by atoms with Crippen molar-refractivity contribution in [2.24, 2.45) is 0 Å². The van der Waals surface area contributed by atoms with Crippen molar-refractivity contribution in [3.05, 3.63) is 24.3 Å². The van der Waals surface area contributed by atoms with Gasteiger partial charge in [0.25, 0.3) is 0 Å². The number of thiocarbonyl (C=S) groups is 1. The van der Waals surface area contributed by atoms with E-state index in [4.69, 9.17) is 12.2 Å². The third kappa shape index (κ3) is 3.53. The van der Waals surface area contributed by atoms with E-state index >= 15 is 0 Å². The number of fused-ring (bicyclic) bond motifs is 1. The first-order valence-electron chi connectivity index (χ1n) is 6.79. The highest BCUT2D eigenvalue weighted by Gasteiger charge is 2.19. The van der Waals surface area contributed by atoms with Crippen molar-refractivity contribution in [1.82, 2.24) is 25.4 Å². The Hall–Kier alpha value is -1.43. The Morgan fingerprint density at radius 3 is 3.11 bits per heavy atom. The normalized spacial score (nSPS) is 16.1. The molecule has 2 rings (SSSR count). The largest absolute Gasteiger partial charge is 0.359 e. The van der Waals surface area contributed by atoms with E-state index in [1.54, 1.807) is 6.08 Å². The predicted octanol–water partition coefficient (Wildman–Crippen LogP) is 1.72. The summed E-state index contributed by atoms with van der Waals surface area (Å²) in [7, 11) is 0. The molecule has 1 aliphatic heterocycles. The van der Waals surface area contributed by atoms with E-state index in [1.165, 1.54) is 19.3 Å². The van der Waals surface area contributed by atoms with Gasteiger partial charge < -0.3 is 15.2 Å². The minimum atomic E-state index is 0.0594. The molecule has 6 heteroatoms. The highest BCUT2D eigenvalue weighted by molar-refractivity contribution is 7.80. The zero-order valence-corrected chi connectivity index (χ0v) is 12.2. The van der Waals surface area contributed by atoms with Crippen molar-refractivity contribution in [3.63, 3.8) is 0 Å². The average Bonchev–Trinajstić information content (AvgIpc) is 2.66. The Morgan fingerprint density at radius 1 is 1.47 bits per heavy atom. The summed E-state index contributed by atoms with van der Waals surface area (Å²) in [5, 5.41) is 15.5. The first-order valence-corrected chi connectivity index (χ1v) is 7.20. The van der Waals surface area contributed by atoms with Crippen LogP contribution in [-0.2, 0) is 13.0 Å². The molecule has 1 atom stereocenters. The summed E-state index contributed by atoms with van der Waals surface area (Å²) < 4.78 is 2.24. The van der Waals surface area contributed by atoms with Gasteiger partial charge >= 0.3 is 0 Å². The molecule has 0 bridgehead atoms. The molecule has 104 valence electrons. The van der Waals surface area contributed by atoms with Crippen LogP contribution in [0.4, 0.5) is 0 Å². The maximum absolute atomic E-state index is 5.22. The van der Waals surface area contributed by atoms with Crippen LogP contribution in [0.2, 0.25) is 0 Å². The van der Waals surface area contributed by atoms with Gasteiger partial charge in [-0.2, -0.15) is 0 Å². The van der Waals surface area contributed by atoms with Crippen molar-refractivity contribution in [1.29, 1.82) is 0 Å². The third-order valence-corrected chi connectivity index (χ3v) is 3.54. The number of nitrogens with one attached hydrogen (secondary N) is 2. The van der Waals surface area contributed by atoms with Crippen LogP contribution in [-0.4, -0.2) is 26.4 Å². The molecule has 0 radical (unpaired) electrons. The predicted molar refractivity (Wildman–Crippen MR) is 79.9 cm³/mol. The molecule has 1 aromatic rings. The van der Waals surface area contributed by atoms with Gasteiger partial charge in [0.1, 0.15) is 5.82 Å². The van der Waals surface area contributed by atoms with Gasteiger partial charge in [0.05, 0.1) is 6.04 Å². The van der Waals surface area contributed by atoms with E-state index in [2.05, 4.69) is 38.9 Å². The molecule has 0 fully saturated rings. The van der Waals surface area contributed by atoms with Crippen LogP contribution in [0.15, 0.2) is 12.7 Å². The number of rotatable bonds is 4. The van der Waals surface area contributed by atoms with Crippen molar-refractivity contribution in [3.8, 4) is 0 Å². The van der Waals surface area contributed by atoms with E-state index in [1.807, 2.05) is 0 Å². The number of aromatic nitrogens is 3. The fraction of sp³-hybridized carbons (Fsp3) is 0.615. The van der Waals surface area contributed by atoms with Crippen LogP contribution in [0.3, 0.4) is 0 Å². The highest BCUT2D eigenvalue weighted by atomic mass is 32.1. The maximum atomic E-state index is 5.22. The molecule has 0 aromatic carbocycles. The monoisotopic (exact) mass is 279 g/mol. The van der Waals surface area contributed by atoms with Gasteiger partial charge in [-0.25, -0.2) is 0 Å². The Bertz CT molecular complexity index is 454. The van der Waals surface area contributed by atoms with Crippen LogP contribution < -0.4 is 10.6 Å². The van der Waals surface area contributed by atoms with Crippen molar-refractivity contribution in [2.45, 2.75) is 45.2 Å². The van der Waals surface area contributed by atoms with E-state index in [0.717, 1.165) is 24.6 Å².